The van der Waals surface area contributed by atoms with Crippen molar-refractivity contribution >= 4 is 11.7 Å². The summed E-state index contributed by atoms with van der Waals surface area (Å²) in [6.07, 6.45) is 1.48. The molecule has 5 heteroatoms. The van der Waals surface area contributed by atoms with Gasteiger partial charge in [-0.15, -0.1) is 0 Å². The summed E-state index contributed by atoms with van der Waals surface area (Å²) in [6, 6.07) is 7.29. The quantitative estimate of drug-likeness (QED) is 0.842. The number of H-pyrrole nitrogens is 1. The fourth-order valence-corrected chi connectivity index (χ4v) is 1.91. The lowest BCUT2D eigenvalue weighted by Gasteiger charge is -2.14. The lowest BCUT2D eigenvalue weighted by molar-refractivity contribution is 0.0934. The number of aromatic amines is 1. The van der Waals surface area contributed by atoms with Gasteiger partial charge in [0.15, 0.2) is 5.78 Å². The summed E-state index contributed by atoms with van der Waals surface area (Å²) >= 11 is 0. The van der Waals surface area contributed by atoms with E-state index >= 15 is 0 Å². The van der Waals surface area contributed by atoms with Crippen LogP contribution in [-0.4, -0.2) is 16.7 Å². The maximum Gasteiger partial charge on any atom is 0.268 e. The number of aromatic nitrogens is 1. The van der Waals surface area contributed by atoms with Crippen LogP contribution in [0.4, 0.5) is 4.39 Å². The van der Waals surface area contributed by atoms with Crippen LogP contribution in [0.25, 0.3) is 0 Å². The van der Waals surface area contributed by atoms with Gasteiger partial charge in [0.1, 0.15) is 11.5 Å². The average Bonchev–Trinajstić information content (AvgIpc) is 2.88. The summed E-state index contributed by atoms with van der Waals surface area (Å²) in [4.78, 5) is 25.9. The molecule has 20 heavy (non-hydrogen) atoms. The van der Waals surface area contributed by atoms with Gasteiger partial charge in [0.05, 0.1) is 6.04 Å². The molecule has 0 aliphatic heterocycles. The smallest absolute Gasteiger partial charge is 0.268 e. The highest BCUT2D eigenvalue weighted by molar-refractivity contribution is 5.99. The van der Waals surface area contributed by atoms with Crippen LogP contribution in [0.3, 0.4) is 0 Å². The summed E-state index contributed by atoms with van der Waals surface area (Å²) in [5.41, 5.74) is 1.13. The van der Waals surface area contributed by atoms with E-state index in [2.05, 4.69) is 10.3 Å². The Hall–Kier alpha value is -2.43. The SMILES string of the molecule is CC(=O)c1c[nH]c(C(=O)NC(C)c2ccccc2F)c1. The molecular formula is C15H15FN2O2. The van der Waals surface area contributed by atoms with E-state index in [1.165, 1.54) is 25.3 Å². The highest BCUT2D eigenvalue weighted by Gasteiger charge is 2.16. The minimum absolute atomic E-state index is 0.123. The molecule has 4 nitrogen and oxygen atoms in total. The Morgan fingerprint density at radius 2 is 2.00 bits per heavy atom. The molecule has 0 aliphatic rings. The highest BCUT2D eigenvalue weighted by Crippen LogP contribution is 2.16. The molecule has 0 saturated carbocycles. The predicted molar refractivity (Wildman–Crippen MR) is 73.1 cm³/mol. The third-order valence-electron chi connectivity index (χ3n) is 3.05. The minimum atomic E-state index is -0.465. The topological polar surface area (TPSA) is 62.0 Å². The van der Waals surface area contributed by atoms with E-state index in [-0.39, 0.29) is 23.2 Å². The monoisotopic (exact) mass is 274 g/mol. The van der Waals surface area contributed by atoms with Crippen molar-refractivity contribution in [3.8, 4) is 0 Å². The third kappa shape index (κ3) is 2.93. The first-order chi connectivity index (χ1) is 9.49. The number of benzene rings is 1. The van der Waals surface area contributed by atoms with Crippen molar-refractivity contribution in [3.05, 3.63) is 59.2 Å². The van der Waals surface area contributed by atoms with Gasteiger partial charge < -0.3 is 10.3 Å². The molecule has 0 fully saturated rings. The van der Waals surface area contributed by atoms with E-state index in [9.17, 15) is 14.0 Å². The van der Waals surface area contributed by atoms with E-state index in [1.807, 2.05) is 0 Å². The van der Waals surface area contributed by atoms with Crippen molar-refractivity contribution in [1.82, 2.24) is 10.3 Å². The van der Waals surface area contributed by atoms with Gasteiger partial charge in [-0.2, -0.15) is 0 Å². The molecule has 0 spiro atoms. The number of rotatable bonds is 4. The number of hydrogen-bond donors (Lipinski definition) is 2. The number of carbonyl (C=O) groups excluding carboxylic acids is 2. The van der Waals surface area contributed by atoms with Crippen LogP contribution in [0.5, 0.6) is 0 Å². The second-order valence-electron chi connectivity index (χ2n) is 4.57. The largest absolute Gasteiger partial charge is 0.356 e. The Morgan fingerprint density at radius 3 is 2.60 bits per heavy atom. The lowest BCUT2D eigenvalue weighted by atomic mass is 10.1. The molecule has 0 radical (unpaired) electrons. The summed E-state index contributed by atoms with van der Waals surface area (Å²) in [6.45, 7) is 3.12. The van der Waals surface area contributed by atoms with Gasteiger partial charge in [0, 0.05) is 17.3 Å². The molecule has 1 aromatic heterocycles. The molecule has 2 N–H and O–H groups in total. The molecule has 1 atom stereocenters. The first-order valence-electron chi connectivity index (χ1n) is 6.23. The number of hydrogen-bond acceptors (Lipinski definition) is 2. The number of ketones is 1. The molecule has 1 unspecified atom stereocenters. The number of carbonyl (C=O) groups is 2. The van der Waals surface area contributed by atoms with Crippen LogP contribution in [0, 0.1) is 5.82 Å². The summed E-state index contributed by atoms with van der Waals surface area (Å²) in [5.74, 6) is -0.869. The summed E-state index contributed by atoms with van der Waals surface area (Å²) in [7, 11) is 0. The Bertz CT molecular complexity index is 649. The second-order valence-corrected chi connectivity index (χ2v) is 4.57. The molecule has 2 aromatic rings. The zero-order valence-corrected chi connectivity index (χ0v) is 11.2. The van der Waals surface area contributed by atoms with Crippen molar-refractivity contribution in [2.45, 2.75) is 19.9 Å². The highest BCUT2D eigenvalue weighted by atomic mass is 19.1. The fourth-order valence-electron chi connectivity index (χ4n) is 1.91. The van der Waals surface area contributed by atoms with Crippen LogP contribution in [-0.2, 0) is 0 Å². The molecule has 1 amide bonds. The van der Waals surface area contributed by atoms with Gasteiger partial charge in [-0.1, -0.05) is 18.2 Å². The van der Waals surface area contributed by atoms with E-state index < -0.39 is 6.04 Å². The van der Waals surface area contributed by atoms with Gasteiger partial charge >= 0.3 is 0 Å². The number of halogens is 1. The zero-order chi connectivity index (χ0) is 14.7. The first-order valence-corrected chi connectivity index (χ1v) is 6.23. The molecule has 0 bridgehead atoms. The minimum Gasteiger partial charge on any atom is -0.356 e. The molecule has 1 heterocycles. The van der Waals surface area contributed by atoms with Crippen molar-refractivity contribution in [2.24, 2.45) is 0 Å². The molecule has 2 rings (SSSR count). The number of amides is 1. The maximum atomic E-state index is 13.6. The van der Waals surface area contributed by atoms with E-state index in [1.54, 1.807) is 25.1 Å². The average molecular weight is 274 g/mol. The van der Waals surface area contributed by atoms with Gasteiger partial charge in [-0.3, -0.25) is 9.59 Å². The fraction of sp³-hybridized carbons (Fsp3) is 0.200. The first kappa shape index (κ1) is 14.0. The molecular weight excluding hydrogens is 259 g/mol. The molecule has 104 valence electrons. The lowest BCUT2D eigenvalue weighted by Crippen LogP contribution is -2.27. The van der Waals surface area contributed by atoms with Gasteiger partial charge in [0.25, 0.3) is 5.91 Å². The normalized spacial score (nSPS) is 11.9. The second kappa shape index (κ2) is 5.69. The zero-order valence-electron chi connectivity index (χ0n) is 11.2. The van der Waals surface area contributed by atoms with Gasteiger partial charge in [-0.25, -0.2) is 4.39 Å². The van der Waals surface area contributed by atoms with Crippen molar-refractivity contribution in [3.63, 3.8) is 0 Å². The Morgan fingerprint density at radius 1 is 1.30 bits per heavy atom. The third-order valence-corrected chi connectivity index (χ3v) is 3.05. The molecule has 0 aliphatic carbocycles. The standard InChI is InChI=1S/C15H15FN2O2/c1-9(12-5-3-4-6-13(12)16)18-15(20)14-7-11(8-17-14)10(2)19/h3-9,17H,1-2H3,(H,18,20). The van der Waals surface area contributed by atoms with E-state index in [0.29, 0.717) is 11.1 Å². The van der Waals surface area contributed by atoms with Gasteiger partial charge in [-0.05, 0) is 26.0 Å². The van der Waals surface area contributed by atoms with Gasteiger partial charge in [0.2, 0.25) is 0 Å². The number of Topliss-reactive ketones (excluding diaryl/α,β-unsaturated/α-hetero) is 1. The van der Waals surface area contributed by atoms with Crippen LogP contribution >= 0.6 is 0 Å². The van der Waals surface area contributed by atoms with Crippen molar-refractivity contribution in [2.75, 3.05) is 0 Å². The van der Waals surface area contributed by atoms with Crippen molar-refractivity contribution in [1.29, 1.82) is 0 Å². The molecule has 1 aromatic carbocycles. The molecule has 0 saturated heterocycles. The van der Waals surface area contributed by atoms with Crippen LogP contribution in [0.1, 0.15) is 46.3 Å². The van der Waals surface area contributed by atoms with E-state index in [4.69, 9.17) is 0 Å². The van der Waals surface area contributed by atoms with Crippen LogP contribution in [0.15, 0.2) is 36.5 Å². The van der Waals surface area contributed by atoms with E-state index in [0.717, 1.165) is 0 Å². The van der Waals surface area contributed by atoms with Crippen LogP contribution in [0.2, 0.25) is 0 Å². The Balaban J connectivity index is 2.11. The Kier molecular flexibility index (Phi) is 3.98. The number of nitrogens with one attached hydrogen (secondary N) is 2. The maximum absolute atomic E-state index is 13.6. The van der Waals surface area contributed by atoms with Crippen LogP contribution < -0.4 is 5.32 Å². The summed E-state index contributed by atoms with van der Waals surface area (Å²) < 4.78 is 13.6. The summed E-state index contributed by atoms with van der Waals surface area (Å²) in [5, 5.41) is 2.68. The predicted octanol–water partition coefficient (Wildman–Crippen LogP) is 2.85. The Labute approximate surface area is 116 Å². The van der Waals surface area contributed by atoms with Crippen molar-refractivity contribution < 1.29 is 14.0 Å².